The molecule has 0 aliphatic rings. The van der Waals surface area contributed by atoms with E-state index in [0.29, 0.717) is 5.46 Å². The molecule has 0 saturated heterocycles. The van der Waals surface area contributed by atoms with Gasteiger partial charge in [-0.15, -0.1) is 0 Å². The maximum atomic E-state index is 8.86. The summed E-state index contributed by atoms with van der Waals surface area (Å²) in [6.07, 6.45) is 3.96. The molecule has 0 aromatic carbocycles. The molecule has 0 radical (unpaired) electrons. The third-order valence-electron chi connectivity index (χ3n) is 1.60. The van der Waals surface area contributed by atoms with Crippen LogP contribution in [0.1, 0.15) is 12.5 Å². The van der Waals surface area contributed by atoms with Gasteiger partial charge < -0.3 is 10.0 Å². The van der Waals surface area contributed by atoms with Gasteiger partial charge in [0.25, 0.3) is 0 Å². The van der Waals surface area contributed by atoms with E-state index in [2.05, 4.69) is 4.98 Å². The minimum Gasteiger partial charge on any atom is -0.423 e. The average Bonchev–Trinajstić information content (AvgIpc) is 2.04. The number of hydrogen-bond donors (Lipinski definition) is 2. The molecule has 0 aliphatic carbocycles. The Kier molecular flexibility index (Phi) is 2.62. The Morgan fingerprint density at radius 3 is 2.73 bits per heavy atom. The van der Waals surface area contributed by atoms with Crippen LogP contribution in [0.3, 0.4) is 0 Å². The molecule has 0 atom stereocenters. The van der Waals surface area contributed by atoms with Gasteiger partial charge in [-0.1, -0.05) is 6.92 Å². The molecular weight excluding hydrogens is 141 g/mol. The molecule has 0 amide bonds. The third-order valence-corrected chi connectivity index (χ3v) is 1.60. The number of aryl methyl sites for hydroxylation is 1. The molecule has 0 bridgehead atoms. The molecule has 1 aromatic heterocycles. The first-order chi connectivity index (χ1) is 5.25. The normalized spacial score (nSPS) is 9.73. The second-order valence-electron chi connectivity index (χ2n) is 2.30. The van der Waals surface area contributed by atoms with E-state index >= 15 is 0 Å². The highest BCUT2D eigenvalue weighted by atomic mass is 16.4. The predicted molar refractivity (Wildman–Crippen MR) is 43.4 cm³/mol. The topological polar surface area (TPSA) is 53.4 Å². The Hall–Kier alpha value is -0.865. The van der Waals surface area contributed by atoms with Crippen LogP contribution in [-0.4, -0.2) is 22.2 Å². The molecule has 0 spiro atoms. The van der Waals surface area contributed by atoms with E-state index < -0.39 is 7.12 Å². The maximum Gasteiger partial charge on any atom is 0.488 e. The van der Waals surface area contributed by atoms with E-state index in [1.807, 2.05) is 6.92 Å². The van der Waals surface area contributed by atoms with Crippen LogP contribution in [0.4, 0.5) is 0 Å². The van der Waals surface area contributed by atoms with E-state index in [9.17, 15) is 0 Å². The quantitative estimate of drug-likeness (QED) is 0.550. The Morgan fingerprint density at radius 2 is 2.27 bits per heavy atom. The fourth-order valence-corrected chi connectivity index (χ4v) is 0.985. The zero-order valence-electron chi connectivity index (χ0n) is 6.36. The number of pyridine rings is 1. The van der Waals surface area contributed by atoms with Gasteiger partial charge in [-0.3, -0.25) is 4.98 Å². The lowest BCUT2D eigenvalue weighted by atomic mass is 9.77. The summed E-state index contributed by atoms with van der Waals surface area (Å²) in [6.45, 7) is 1.95. The van der Waals surface area contributed by atoms with Crippen molar-refractivity contribution in [1.82, 2.24) is 4.98 Å². The van der Waals surface area contributed by atoms with Gasteiger partial charge in [0, 0.05) is 12.4 Å². The molecule has 2 N–H and O–H groups in total. The van der Waals surface area contributed by atoms with Crippen molar-refractivity contribution < 1.29 is 10.0 Å². The van der Waals surface area contributed by atoms with Crippen LogP contribution < -0.4 is 5.46 Å². The number of rotatable bonds is 2. The van der Waals surface area contributed by atoms with Gasteiger partial charge in [0.1, 0.15) is 0 Å². The zero-order valence-corrected chi connectivity index (χ0v) is 6.36. The lowest BCUT2D eigenvalue weighted by Crippen LogP contribution is -2.32. The molecular formula is C7H10BNO2. The summed E-state index contributed by atoms with van der Waals surface area (Å²) in [5.74, 6) is 0. The standard InChI is InChI=1S/C7H10BNO2/c1-2-6-5-9-4-3-7(6)8(10)11/h3-5,10-11H,2H2,1H3. The van der Waals surface area contributed by atoms with Gasteiger partial charge in [-0.2, -0.15) is 0 Å². The van der Waals surface area contributed by atoms with E-state index in [0.717, 1.165) is 12.0 Å². The maximum absolute atomic E-state index is 8.86. The molecule has 11 heavy (non-hydrogen) atoms. The Labute approximate surface area is 65.9 Å². The van der Waals surface area contributed by atoms with Crippen molar-refractivity contribution >= 4 is 12.6 Å². The largest absolute Gasteiger partial charge is 0.488 e. The Morgan fingerprint density at radius 1 is 1.55 bits per heavy atom. The fourth-order valence-electron chi connectivity index (χ4n) is 0.985. The first-order valence-corrected chi connectivity index (χ1v) is 3.54. The molecule has 1 aromatic rings. The average molecular weight is 151 g/mol. The minimum absolute atomic E-state index is 0.544. The number of hydrogen-bond acceptors (Lipinski definition) is 3. The van der Waals surface area contributed by atoms with E-state index in [1.165, 1.54) is 0 Å². The second-order valence-corrected chi connectivity index (χ2v) is 2.30. The molecule has 3 nitrogen and oxygen atoms in total. The highest BCUT2D eigenvalue weighted by Gasteiger charge is 2.13. The van der Waals surface area contributed by atoms with Gasteiger partial charge in [0.15, 0.2) is 0 Å². The van der Waals surface area contributed by atoms with Crippen LogP contribution in [0, 0.1) is 0 Å². The second kappa shape index (κ2) is 3.50. The summed E-state index contributed by atoms with van der Waals surface area (Å²) in [4.78, 5) is 3.88. The van der Waals surface area contributed by atoms with Crippen LogP contribution in [0.5, 0.6) is 0 Å². The van der Waals surface area contributed by atoms with E-state index in [4.69, 9.17) is 10.0 Å². The summed E-state index contributed by atoms with van der Waals surface area (Å²) in [5, 5.41) is 17.7. The molecule has 0 aliphatic heterocycles. The fraction of sp³-hybridized carbons (Fsp3) is 0.286. The zero-order chi connectivity index (χ0) is 8.27. The lowest BCUT2D eigenvalue weighted by Gasteiger charge is -2.03. The molecule has 4 heteroatoms. The summed E-state index contributed by atoms with van der Waals surface area (Å²) >= 11 is 0. The summed E-state index contributed by atoms with van der Waals surface area (Å²) in [6, 6.07) is 1.61. The lowest BCUT2D eigenvalue weighted by molar-refractivity contribution is 0.425. The minimum atomic E-state index is -1.38. The van der Waals surface area contributed by atoms with E-state index in [1.54, 1.807) is 18.5 Å². The van der Waals surface area contributed by atoms with Gasteiger partial charge in [0.2, 0.25) is 0 Å². The molecule has 58 valence electrons. The summed E-state index contributed by atoms with van der Waals surface area (Å²) in [5.41, 5.74) is 1.42. The molecule has 0 saturated carbocycles. The highest BCUT2D eigenvalue weighted by molar-refractivity contribution is 6.59. The summed E-state index contributed by atoms with van der Waals surface area (Å²) in [7, 11) is -1.38. The SMILES string of the molecule is CCc1cnccc1B(O)O. The molecule has 0 fully saturated rings. The van der Waals surface area contributed by atoms with Crippen molar-refractivity contribution in [2.75, 3.05) is 0 Å². The van der Waals surface area contributed by atoms with Crippen LogP contribution in [0.15, 0.2) is 18.5 Å². The molecule has 1 heterocycles. The van der Waals surface area contributed by atoms with Crippen molar-refractivity contribution in [3.63, 3.8) is 0 Å². The van der Waals surface area contributed by atoms with Crippen molar-refractivity contribution in [2.45, 2.75) is 13.3 Å². The monoisotopic (exact) mass is 151 g/mol. The van der Waals surface area contributed by atoms with Crippen LogP contribution in [0.2, 0.25) is 0 Å². The predicted octanol–water partition coefficient (Wildman–Crippen LogP) is -0.676. The Bertz CT molecular complexity index is 240. The van der Waals surface area contributed by atoms with Crippen molar-refractivity contribution in [1.29, 1.82) is 0 Å². The van der Waals surface area contributed by atoms with Crippen LogP contribution >= 0.6 is 0 Å². The smallest absolute Gasteiger partial charge is 0.423 e. The van der Waals surface area contributed by atoms with Gasteiger partial charge in [-0.25, -0.2) is 0 Å². The Balaban J connectivity index is 3.02. The third kappa shape index (κ3) is 1.79. The first kappa shape index (κ1) is 8.23. The highest BCUT2D eigenvalue weighted by Crippen LogP contribution is 1.94. The molecule has 0 unspecified atom stereocenters. The van der Waals surface area contributed by atoms with E-state index in [-0.39, 0.29) is 0 Å². The van der Waals surface area contributed by atoms with Gasteiger partial charge >= 0.3 is 7.12 Å². The number of aromatic nitrogens is 1. The first-order valence-electron chi connectivity index (χ1n) is 3.54. The molecule has 1 rings (SSSR count). The van der Waals surface area contributed by atoms with Gasteiger partial charge in [0.05, 0.1) is 0 Å². The van der Waals surface area contributed by atoms with Crippen molar-refractivity contribution in [2.24, 2.45) is 0 Å². The number of nitrogens with zero attached hydrogens (tertiary/aromatic N) is 1. The summed E-state index contributed by atoms with van der Waals surface area (Å²) < 4.78 is 0. The van der Waals surface area contributed by atoms with Crippen LogP contribution in [-0.2, 0) is 6.42 Å². The van der Waals surface area contributed by atoms with Crippen LogP contribution in [0.25, 0.3) is 0 Å². The van der Waals surface area contributed by atoms with Crippen molar-refractivity contribution in [3.05, 3.63) is 24.0 Å². The van der Waals surface area contributed by atoms with Gasteiger partial charge in [-0.05, 0) is 23.5 Å². The van der Waals surface area contributed by atoms with Crippen molar-refractivity contribution in [3.8, 4) is 0 Å².